The van der Waals surface area contributed by atoms with Gasteiger partial charge in [-0.3, -0.25) is 4.90 Å². The van der Waals surface area contributed by atoms with E-state index in [0.29, 0.717) is 11.3 Å². The summed E-state index contributed by atoms with van der Waals surface area (Å²) in [6.07, 6.45) is 4.79. The van der Waals surface area contributed by atoms with Crippen LogP contribution in [0.3, 0.4) is 0 Å². The summed E-state index contributed by atoms with van der Waals surface area (Å²) < 4.78 is 0. The van der Waals surface area contributed by atoms with Crippen LogP contribution < -0.4 is 5.73 Å². The zero-order chi connectivity index (χ0) is 12.2. The lowest BCUT2D eigenvalue weighted by molar-refractivity contribution is 0.202. The Balaban J connectivity index is 2.41. The molecule has 1 aliphatic heterocycles. The second-order valence-corrected chi connectivity index (χ2v) is 6.44. The molecule has 1 aliphatic rings. The fourth-order valence-electron chi connectivity index (χ4n) is 2.60. The maximum Gasteiger partial charge on any atom is 0.0190 e. The summed E-state index contributed by atoms with van der Waals surface area (Å²) in [5.41, 5.74) is 7.80. The summed E-state index contributed by atoms with van der Waals surface area (Å²) >= 11 is 0. The minimum Gasteiger partial charge on any atom is -0.330 e. The molecule has 0 spiro atoms. The minimum atomic E-state index is 0.394. The van der Waals surface area contributed by atoms with Crippen molar-refractivity contribution < 1.29 is 0 Å². The Kier molecular flexibility index (Phi) is 5.00. The van der Waals surface area contributed by atoms with Gasteiger partial charge in [-0.2, -0.15) is 0 Å². The lowest BCUT2D eigenvalue weighted by atomic mass is 9.84. The quantitative estimate of drug-likeness (QED) is 0.744. The summed E-state index contributed by atoms with van der Waals surface area (Å²) in [6, 6.07) is 0. The van der Waals surface area contributed by atoms with Gasteiger partial charge in [0.2, 0.25) is 0 Å². The predicted molar refractivity (Wildman–Crippen MR) is 71.4 cm³/mol. The molecule has 0 aromatic heterocycles. The number of nitrogens with two attached hydrogens (primary N) is 1. The van der Waals surface area contributed by atoms with Crippen molar-refractivity contribution in [2.45, 2.75) is 40.5 Å². The maximum absolute atomic E-state index is 5.89. The third-order valence-electron chi connectivity index (χ3n) is 3.16. The van der Waals surface area contributed by atoms with Gasteiger partial charge in [0.15, 0.2) is 0 Å². The summed E-state index contributed by atoms with van der Waals surface area (Å²) in [6.45, 7) is 13.5. The summed E-state index contributed by atoms with van der Waals surface area (Å²) in [5.74, 6) is 0.644. The molecule has 2 nitrogen and oxygen atoms in total. The van der Waals surface area contributed by atoms with Gasteiger partial charge in [0.05, 0.1) is 0 Å². The number of nitrogens with zero attached hydrogens (tertiary/aromatic N) is 1. The second kappa shape index (κ2) is 5.83. The van der Waals surface area contributed by atoms with Gasteiger partial charge in [-0.15, -0.1) is 0 Å². The second-order valence-electron chi connectivity index (χ2n) is 6.44. The third kappa shape index (κ3) is 5.13. The van der Waals surface area contributed by atoms with Crippen LogP contribution in [0.2, 0.25) is 0 Å². The minimum absolute atomic E-state index is 0.394. The molecule has 0 saturated heterocycles. The Morgan fingerprint density at radius 2 is 2.12 bits per heavy atom. The molecule has 1 heterocycles. The van der Waals surface area contributed by atoms with E-state index in [4.69, 9.17) is 5.73 Å². The zero-order valence-electron chi connectivity index (χ0n) is 11.4. The Hall–Kier alpha value is -0.340. The van der Waals surface area contributed by atoms with Crippen molar-refractivity contribution in [1.29, 1.82) is 0 Å². The normalized spacial score (nSPS) is 20.7. The molecule has 2 heteroatoms. The molecule has 0 aromatic rings. The highest BCUT2D eigenvalue weighted by Crippen LogP contribution is 2.25. The predicted octanol–water partition coefficient (Wildman–Crippen LogP) is 2.65. The van der Waals surface area contributed by atoms with Gasteiger partial charge in [-0.05, 0) is 37.6 Å². The molecule has 0 amide bonds. The number of rotatable bonds is 4. The highest BCUT2D eigenvalue weighted by Gasteiger charge is 2.20. The molecule has 0 radical (unpaired) electrons. The van der Waals surface area contributed by atoms with Crippen LogP contribution in [0.4, 0.5) is 0 Å². The van der Waals surface area contributed by atoms with Crippen LogP contribution in [0.15, 0.2) is 11.6 Å². The Labute approximate surface area is 101 Å². The van der Waals surface area contributed by atoms with Crippen LogP contribution in [0.25, 0.3) is 0 Å². The summed E-state index contributed by atoms with van der Waals surface area (Å²) in [5, 5.41) is 0. The first-order chi connectivity index (χ1) is 7.40. The average Bonchev–Trinajstić information content (AvgIpc) is 2.14. The fourth-order valence-corrected chi connectivity index (χ4v) is 2.60. The Morgan fingerprint density at radius 1 is 1.44 bits per heavy atom. The molecule has 2 N–H and O–H groups in total. The van der Waals surface area contributed by atoms with Gasteiger partial charge < -0.3 is 5.73 Å². The van der Waals surface area contributed by atoms with E-state index in [2.05, 4.69) is 38.7 Å². The largest absolute Gasteiger partial charge is 0.330 e. The molecule has 0 bridgehead atoms. The first-order valence-corrected chi connectivity index (χ1v) is 6.49. The summed E-state index contributed by atoms with van der Waals surface area (Å²) in [4.78, 5) is 2.55. The molecule has 0 aliphatic carbocycles. The van der Waals surface area contributed by atoms with E-state index >= 15 is 0 Å². The van der Waals surface area contributed by atoms with E-state index in [1.165, 1.54) is 31.5 Å². The SMILES string of the molecule is CC1=CCCN(CC(CN)CC(C)(C)C)C1. The van der Waals surface area contributed by atoms with Crippen molar-refractivity contribution in [3.63, 3.8) is 0 Å². The smallest absolute Gasteiger partial charge is 0.0190 e. The molecule has 16 heavy (non-hydrogen) atoms. The van der Waals surface area contributed by atoms with Crippen LogP contribution in [0, 0.1) is 11.3 Å². The molecule has 1 unspecified atom stereocenters. The van der Waals surface area contributed by atoms with Crippen LogP contribution >= 0.6 is 0 Å². The van der Waals surface area contributed by atoms with Gasteiger partial charge in [0.25, 0.3) is 0 Å². The molecule has 0 fully saturated rings. The highest BCUT2D eigenvalue weighted by molar-refractivity contribution is 5.04. The van der Waals surface area contributed by atoms with E-state index in [9.17, 15) is 0 Å². The zero-order valence-corrected chi connectivity index (χ0v) is 11.4. The molecule has 0 aromatic carbocycles. The lowest BCUT2D eigenvalue weighted by Crippen LogP contribution is -2.37. The average molecular weight is 224 g/mol. The van der Waals surface area contributed by atoms with Crippen LogP contribution in [0.1, 0.15) is 40.5 Å². The van der Waals surface area contributed by atoms with Crippen LogP contribution in [0.5, 0.6) is 0 Å². The monoisotopic (exact) mass is 224 g/mol. The number of hydrogen-bond acceptors (Lipinski definition) is 2. The topological polar surface area (TPSA) is 29.3 Å². The van der Waals surface area contributed by atoms with Crippen molar-refractivity contribution in [2.75, 3.05) is 26.2 Å². The van der Waals surface area contributed by atoms with Gasteiger partial charge in [-0.25, -0.2) is 0 Å². The van der Waals surface area contributed by atoms with Gasteiger partial charge in [-0.1, -0.05) is 32.4 Å². The number of hydrogen-bond donors (Lipinski definition) is 1. The fraction of sp³-hybridized carbons (Fsp3) is 0.857. The molecule has 1 rings (SSSR count). The van der Waals surface area contributed by atoms with E-state index in [0.717, 1.165) is 13.1 Å². The molecular formula is C14H28N2. The van der Waals surface area contributed by atoms with Gasteiger partial charge in [0.1, 0.15) is 0 Å². The van der Waals surface area contributed by atoms with E-state index in [1.54, 1.807) is 0 Å². The third-order valence-corrected chi connectivity index (χ3v) is 3.16. The van der Waals surface area contributed by atoms with Crippen molar-refractivity contribution in [3.05, 3.63) is 11.6 Å². The Morgan fingerprint density at radius 3 is 2.62 bits per heavy atom. The summed E-state index contributed by atoms with van der Waals surface area (Å²) in [7, 11) is 0. The highest BCUT2D eigenvalue weighted by atomic mass is 15.1. The van der Waals surface area contributed by atoms with Crippen molar-refractivity contribution >= 4 is 0 Å². The maximum atomic E-state index is 5.89. The van der Waals surface area contributed by atoms with Gasteiger partial charge in [0, 0.05) is 19.6 Å². The van der Waals surface area contributed by atoms with Gasteiger partial charge >= 0.3 is 0 Å². The molecule has 94 valence electrons. The lowest BCUT2D eigenvalue weighted by Gasteiger charge is -2.32. The van der Waals surface area contributed by atoms with Crippen molar-refractivity contribution in [3.8, 4) is 0 Å². The van der Waals surface area contributed by atoms with Crippen molar-refractivity contribution in [2.24, 2.45) is 17.1 Å². The molecule has 0 saturated carbocycles. The molecular weight excluding hydrogens is 196 g/mol. The van der Waals surface area contributed by atoms with Crippen molar-refractivity contribution in [1.82, 2.24) is 4.90 Å². The Bertz CT molecular complexity index is 238. The van der Waals surface area contributed by atoms with E-state index < -0.39 is 0 Å². The van der Waals surface area contributed by atoms with E-state index in [1.807, 2.05) is 0 Å². The van der Waals surface area contributed by atoms with Crippen LogP contribution in [-0.2, 0) is 0 Å². The standard InChI is InChI=1S/C14H28N2/c1-12-6-5-7-16(10-12)11-13(9-15)8-14(2,3)4/h6,13H,5,7-11,15H2,1-4H3. The van der Waals surface area contributed by atoms with E-state index in [-0.39, 0.29) is 0 Å². The first kappa shape index (κ1) is 13.7. The first-order valence-electron chi connectivity index (χ1n) is 6.49. The molecule has 1 atom stereocenters. The van der Waals surface area contributed by atoms with Crippen LogP contribution in [-0.4, -0.2) is 31.1 Å².